The second-order valence-electron chi connectivity index (χ2n) is 8.60. The van der Waals surface area contributed by atoms with Gasteiger partial charge in [-0.2, -0.15) is 0 Å². The zero-order valence-electron chi connectivity index (χ0n) is 17.0. The van der Waals surface area contributed by atoms with Crippen LogP contribution < -0.4 is 0 Å². The normalized spacial score (nSPS) is 18.0. The van der Waals surface area contributed by atoms with E-state index in [4.69, 9.17) is 0 Å². The van der Waals surface area contributed by atoms with Crippen LogP contribution >= 0.6 is 0 Å². The van der Waals surface area contributed by atoms with E-state index in [2.05, 4.69) is 54.3 Å². The molecule has 3 heterocycles. The molecule has 6 heteroatoms. The van der Waals surface area contributed by atoms with Gasteiger partial charge in [-0.3, -0.25) is 10.1 Å². The van der Waals surface area contributed by atoms with E-state index in [1.54, 1.807) is 16.7 Å². The highest BCUT2D eigenvalue weighted by atomic mass is 15.3. The maximum absolute atomic E-state index is 4.66. The van der Waals surface area contributed by atoms with Crippen molar-refractivity contribution in [1.29, 1.82) is 0 Å². The third kappa shape index (κ3) is 3.03. The summed E-state index contributed by atoms with van der Waals surface area (Å²) in [7, 11) is 0. The number of hydrogen-bond acceptors (Lipinski definition) is 4. The Bertz CT molecular complexity index is 1220. The van der Waals surface area contributed by atoms with Crippen molar-refractivity contribution < 1.29 is 0 Å². The van der Waals surface area contributed by atoms with Gasteiger partial charge in [0.1, 0.15) is 11.4 Å². The Morgan fingerprint density at radius 1 is 1.10 bits per heavy atom. The van der Waals surface area contributed by atoms with E-state index in [0.29, 0.717) is 5.92 Å². The first-order valence-electron chi connectivity index (χ1n) is 10.7. The fraction of sp³-hybridized carbons (Fsp3) is 0.333. The molecule has 6 rings (SSSR count). The number of rotatable bonds is 5. The van der Waals surface area contributed by atoms with Gasteiger partial charge in [-0.1, -0.05) is 23.4 Å². The standard InChI is InChI=1S/C24H24N6/c1-15-24(28-29-27-15)18-9-10-25-21(11-18)22-13-30(14-26-22)12-19-8-7-17-3-2-4-20(23(17)19)16-5-6-16/h2-4,9-11,13-14,16,19H,5-8,12H2,1H3,(H,27,28,29)/t19-/m0/s1. The second-order valence-corrected chi connectivity index (χ2v) is 8.60. The SMILES string of the molecule is Cc1[nH]nnc1-c1ccnc(-c2cn(C[C@@H]3CCc4cccc(C5CC5)c43)cn2)c1. The highest BCUT2D eigenvalue weighted by Crippen LogP contribution is 2.47. The average molecular weight is 396 g/mol. The lowest BCUT2D eigenvalue weighted by atomic mass is 9.93. The fourth-order valence-electron chi connectivity index (χ4n) is 4.87. The highest BCUT2D eigenvalue weighted by molar-refractivity contribution is 5.67. The van der Waals surface area contributed by atoms with E-state index >= 15 is 0 Å². The Kier molecular flexibility index (Phi) is 4.04. The number of aromatic amines is 1. The summed E-state index contributed by atoms with van der Waals surface area (Å²) in [5.41, 5.74) is 9.34. The molecule has 2 aliphatic carbocycles. The van der Waals surface area contributed by atoms with Gasteiger partial charge in [-0.25, -0.2) is 4.98 Å². The first-order valence-corrected chi connectivity index (χ1v) is 10.7. The zero-order valence-corrected chi connectivity index (χ0v) is 17.0. The minimum atomic E-state index is 0.580. The van der Waals surface area contributed by atoms with Gasteiger partial charge in [0.15, 0.2) is 0 Å². The summed E-state index contributed by atoms with van der Waals surface area (Å²) < 4.78 is 2.23. The third-order valence-corrected chi connectivity index (χ3v) is 6.50. The smallest absolute Gasteiger partial charge is 0.115 e. The van der Waals surface area contributed by atoms with E-state index in [-0.39, 0.29) is 0 Å². The van der Waals surface area contributed by atoms with Crippen LogP contribution in [0.15, 0.2) is 49.1 Å². The molecule has 0 unspecified atom stereocenters. The van der Waals surface area contributed by atoms with Crippen molar-refractivity contribution in [3.05, 3.63) is 71.4 Å². The highest BCUT2D eigenvalue weighted by Gasteiger charge is 2.32. The lowest BCUT2D eigenvalue weighted by Gasteiger charge is -2.16. The molecule has 0 spiro atoms. The van der Waals surface area contributed by atoms with Crippen LogP contribution in [0, 0.1) is 6.92 Å². The van der Waals surface area contributed by atoms with Gasteiger partial charge < -0.3 is 4.57 Å². The number of fused-ring (bicyclic) bond motifs is 1. The summed E-state index contributed by atoms with van der Waals surface area (Å²) in [4.78, 5) is 9.20. The van der Waals surface area contributed by atoms with Crippen LogP contribution in [0.1, 0.15) is 53.5 Å². The van der Waals surface area contributed by atoms with Crippen LogP contribution in [0.4, 0.5) is 0 Å². The van der Waals surface area contributed by atoms with Crippen molar-refractivity contribution >= 4 is 0 Å². The van der Waals surface area contributed by atoms with Crippen molar-refractivity contribution in [1.82, 2.24) is 29.9 Å². The first kappa shape index (κ1) is 17.6. The van der Waals surface area contributed by atoms with Gasteiger partial charge in [0.2, 0.25) is 0 Å². The molecule has 150 valence electrons. The maximum Gasteiger partial charge on any atom is 0.115 e. The van der Waals surface area contributed by atoms with E-state index in [1.807, 2.05) is 31.6 Å². The van der Waals surface area contributed by atoms with Gasteiger partial charge in [0.05, 0.1) is 17.7 Å². The van der Waals surface area contributed by atoms with Crippen LogP contribution in [-0.4, -0.2) is 29.9 Å². The number of benzene rings is 1. The summed E-state index contributed by atoms with van der Waals surface area (Å²) >= 11 is 0. The van der Waals surface area contributed by atoms with Gasteiger partial charge in [0.25, 0.3) is 0 Å². The largest absolute Gasteiger partial charge is 0.336 e. The number of aryl methyl sites for hydroxylation is 2. The predicted molar refractivity (Wildman–Crippen MR) is 115 cm³/mol. The number of H-pyrrole nitrogens is 1. The van der Waals surface area contributed by atoms with Gasteiger partial charge in [-0.15, -0.1) is 5.10 Å². The van der Waals surface area contributed by atoms with Gasteiger partial charge in [0, 0.05) is 30.4 Å². The molecular weight excluding hydrogens is 372 g/mol. The van der Waals surface area contributed by atoms with Crippen molar-refractivity contribution in [2.75, 3.05) is 0 Å². The molecule has 1 fully saturated rings. The third-order valence-electron chi connectivity index (χ3n) is 6.50. The van der Waals surface area contributed by atoms with E-state index in [0.717, 1.165) is 40.8 Å². The molecule has 30 heavy (non-hydrogen) atoms. The summed E-state index contributed by atoms with van der Waals surface area (Å²) in [5, 5.41) is 11.0. The van der Waals surface area contributed by atoms with Gasteiger partial charge >= 0.3 is 0 Å². The van der Waals surface area contributed by atoms with E-state index in [9.17, 15) is 0 Å². The Balaban J connectivity index is 1.27. The van der Waals surface area contributed by atoms with Crippen molar-refractivity contribution in [2.45, 2.75) is 51.0 Å². The number of pyridine rings is 1. The van der Waals surface area contributed by atoms with Crippen molar-refractivity contribution in [2.24, 2.45) is 0 Å². The fourth-order valence-corrected chi connectivity index (χ4v) is 4.87. The number of aromatic nitrogens is 6. The van der Waals surface area contributed by atoms with Crippen LogP contribution in [0.2, 0.25) is 0 Å². The van der Waals surface area contributed by atoms with Crippen molar-refractivity contribution in [3.63, 3.8) is 0 Å². The molecule has 0 aliphatic heterocycles. The molecule has 1 N–H and O–H groups in total. The molecule has 3 aromatic heterocycles. The van der Waals surface area contributed by atoms with Crippen LogP contribution in [0.5, 0.6) is 0 Å². The van der Waals surface area contributed by atoms with Gasteiger partial charge in [-0.05, 0) is 67.3 Å². The predicted octanol–water partition coefficient (Wildman–Crippen LogP) is 4.65. The van der Waals surface area contributed by atoms with Crippen LogP contribution in [-0.2, 0) is 13.0 Å². The summed E-state index contributed by atoms with van der Waals surface area (Å²) in [6.45, 7) is 2.95. The Morgan fingerprint density at radius 2 is 2.03 bits per heavy atom. The number of nitrogens with zero attached hydrogens (tertiary/aromatic N) is 5. The number of imidazole rings is 1. The Hall–Kier alpha value is -3.28. The van der Waals surface area contributed by atoms with Crippen molar-refractivity contribution in [3.8, 4) is 22.6 Å². The molecule has 1 aromatic carbocycles. The first-order chi connectivity index (χ1) is 14.8. The molecular formula is C24H24N6. The Morgan fingerprint density at radius 3 is 2.87 bits per heavy atom. The number of hydrogen-bond donors (Lipinski definition) is 1. The summed E-state index contributed by atoms with van der Waals surface area (Å²) in [6, 6.07) is 10.9. The lowest BCUT2D eigenvalue weighted by molar-refractivity contribution is 0.552. The minimum Gasteiger partial charge on any atom is -0.336 e. The quantitative estimate of drug-likeness (QED) is 0.533. The Labute approximate surface area is 175 Å². The second kappa shape index (κ2) is 6.90. The summed E-state index contributed by atoms with van der Waals surface area (Å²) in [5.74, 6) is 1.38. The molecule has 6 nitrogen and oxygen atoms in total. The molecule has 0 bridgehead atoms. The minimum absolute atomic E-state index is 0.580. The molecule has 4 aromatic rings. The number of nitrogens with one attached hydrogen (secondary N) is 1. The van der Waals surface area contributed by atoms with E-state index in [1.165, 1.54) is 25.7 Å². The average Bonchev–Trinajstić information content (AvgIpc) is 3.15. The molecule has 2 aliphatic rings. The van der Waals surface area contributed by atoms with Crippen LogP contribution in [0.25, 0.3) is 22.6 Å². The maximum atomic E-state index is 4.66. The lowest BCUT2D eigenvalue weighted by Crippen LogP contribution is -2.07. The summed E-state index contributed by atoms with van der Waals surface area (Å²) in [6.07, 6.45) is 11.0. The molecule has 1 saturated carbocycles. The topological polar surface area (TPSA) is 72.3 Å². The molecule has 0 saturated heterocycles. The van der Waals surface area contributed by atoms with E-state index < -0.39 is 0 Å². The zero-order chi connectivity index (χ0) is 20.1. The van der Waals surface area contributed by atoms with Crippen LogP contribution in [0.3, 0.4) is 0 Å². The molecule has 1 atom stereocenters. The monoisotopic (exact) mass is 396 g/mol. The molecule has 0 amide bonds. The molecule has 0 radical (unpaired) electrons.